The van der Waals surface area contributed by atoms with Crippen LogP contribution in [0.4, 0.5) is 10.5 Å². The Bertz CT molecular complexity index is 1040. The summed E-state index contributed by atoms with van der Waals surface area (Å²) < 4.78 is 16.2. The van der Waals surface area contributed by atoms with E-state index in [1.165, 1.54) is 9.80 Å². The Balaban J connectivity index is 1.77. The first-order chi connectivity index (χ1) is 15.6. The molecule has 0 spiro atoms. The van der Waals surface area contributed by atoms with Gasteiger partial charge in [0.05, 0.1) is 20.3 Å². The van der Waals surface area contributed by atoms with Crippen LogP contribution in [0.15, 0.2) is 36.4 Å². The second-order valence-electron chi connectivity index (χ2n) is 8.44. The highest BCUT2D eigenvalue weighted by Crippen LogP contribution is 2.31. The molecular formula is C25H30N2O6. The van der Waals surface area contributed by atoms with Crippen LogP contribution in [0.5, 0.6) is 11.5 Å². The molecule has 1 fully saturated rings. The van der Waals surface area contributed by atoms with Crippen molar-refractivity contribution in [2.24, 2.45) is 0 Å². The highest BCUT2D eigenvalue weighted by atomic mass is 16.6. The van der Waals surface area contributed by atoms with Gasteiger partial charge in [0.1, 0.15) is 18.0 Å². The number of hydrogen-bond acceptors (Lipinski definition) is 6. The van der Waals surface area contributed by atoms with Gasteiger partial charge in [-0.3, -0.25) is 14.6 Å². The third-order valence-electron chi connectivity index (χ3n) is 5.43. The van der Waals surface area contributed by atoms with E-state index < -0.39 is 11.6 Å². The van der Waals surface area contributed by atoms with Gasteiger partial charge in [-0.2, -0.15) is 0 Å². The maximum absolute atomic E-state index is 13.0. The van der Waals surface area contributed by atoms with Gasteiger partial charge < -0.3 is 14.2 Å². The van der Waals surface area contributed by atoms with Crippen LogP contribution in [-0.4, -0.2) is 48.7 Å². The van der Waals surface area contributed by atoms with E-state index in [9.17, 15) is 14.4 Å². The number of benzene rings is 2. The predicted molar refractivity (Wildman–Crippen MR) is 124 cm³/mol. The van der Waals surface area contributed by atoms with E-state index in [-0.39, 0.29) is 31.6 Å². The van der Waals surface area contributed by atoms with Gasteiger partial charge in [-0.25, -0.2) is 9.59 Å². The summed E-state index contributed by atoms with van der Waals surface area (Å²) in [5.74, 6) is 0.540. The van der Waals surface area contributed by atoms with Crippen molar-refractivity contribution in [3.63, 3.8) is 0 Å². The highest BCUT2D eigenvalue weighted by Gasteiger charge is 2.37. The van der Waals surface area contributed by atoms with Crippen LogP contribution in [0.3, 0.4) is 0 Å². The van der Waals surface area contributed by atoms with E-state index >= 15 is 0 Å². The molecule has 0 unspecified atom stereocenters. The molecule has 2 aromatic rings. The zero-order valence-electron chi connectivity index (χ0n) is 19.9. The molecule has 2 aromatic carbocycles. The number of rotatable bonds is 8. The number of methoxy groups -OCH3 is 1. The van der Waals surface area contributed by atoms with E-state index in [4.69, 9.17) is 14.2 Å². The van der Waals surface area contributed by atoms with Crippen LogP contribution in [0, 0.1) is 13.8 Å². The van der Waals surface area contributed by atoms with Crippen LogP contribution in [0.25, 0.3) is 0 Å². The molecule has 1 saturated heterocycles. The number of ether oxygens (including phenoxy) is 3. The Kier molecular flexibility index (Phi) is 6.95. The summed E-state index contributed by atoms with van der Waals surface area (Å²) in [6.45, 7) is 9.20. The summed E-state index contributed by atoms with van der Waals surface area (Å²) in [5.41, 5.74) is 1.88. The number of urea groups is 1. The summed E-state index contributed by atoms with van der Waals surface area (Å²) >= 11 is 0. The lowest BCUT2D eigenvalue weighted by Gasteiger charge is -2.26. The van der Waals surface area contributed by atoms with Crippen LogP contribution >= 0.6 is 0 Å². The lowest BCUT2D eigenvalue weighted by molar-refractivity contribution is -0.158. The number of carbonyl (C=O) groups excluding carboxylic acids is 3. The lowest BCUT2D eigenvalue weighted by Crippen LogP contribution is -2.40. The summed E-state index contributed by atoms with van der Waals surface area (Å²) in [7, 11) is 1.57. The van der Waals surface area contributed by atoms with Gasteiger partial charge in [0.2, 0.25) is 0 Å². The molecule has 3 amide bonds. The monoisotopic (exact) mass is 454 g/mol. The molecule has 0 N–H and O–H groups in total. The van der Waals surface area contributed by atoms with Gasteiger partial charge in [0.25, 0.3) is 5.91 Å². The standard InChI is InChI=1S/C25H30N2O6/c1-7-32-23(29)25(4,5)33-22-16(2)12-18(13-17(22)3)14-27-21(28)15-26(24(27)30)19-8-10-20(31-6)11-9-19/h8-13H,7,14-15H2,1-6H3. The number of carbonyl (C=O) groups is 3. The van der Waals surface area contributed by atoms with Gasteiger partial charge in [0.15, 0.2) is 5.60 Å². The number of imide groups is 1. The molecule has 176 valence electrons. The fourth-order valence-electron chi connectivity index (χ4n) is 3.74. The molecule has 8 nitrogen and oxygen atoms in total. The predicted octanol–water partition coefficient (Wildman–Crippen LogP) is 4.00. The molecule has 1 aliphatic heterocycles. The smallest absolute Gasteiger partial charge is 0.349 e. The number of hydrogen-bond donors (Lipinski definition) is 0. The number of anilines is 1. The summed E-state index contributed by atoms with van der Waals surface area (Å²) in [5, 5.41) is 0. The minimum absolute atomic E-state index is 0.0158. The quantitative estimate of drug-likeness (QED) is 0.443. The van der Waals surface area contributed by atoms with Gasteiger partial charge in [0, 0.05) is 5.69 Å². The minimum Gasteiger partial charge on any atom is -0.497 e. The molecule has 3 rings (SSSR count). The molecule has 0 bridgehead atoms. The lowest BCUT2D eigenvalue weighted by atomic mass is 10.0. The van der Waals surface area contributed by atoms with Crippen molar-refractivity contribution in [1.82, 2.24) is 4.90 Å². The Morgan fingerprint density at radius 1 is 1.06 bits per heavy atom. The SMILES string of the molecule is CCOC(=O)C(C)(C)Oc1c(C)cc(CN2C(=O)CN(c3ccc(OC)cc3)C2=O)cc1C. The first-order valence-corrected chi connectivity index (χ1v) is 10.8. The first kappa shape index (κ1) is 24.1. The third-order valence-corrected chi connectivity index (χ3v) is 5.43. The van der Waals surface area contributed by atoms with Gasteiger partial charge >= 0.3 is 12.0 Å². The zero-order valence-corrected chi connectivity index (χ0v) is 19.9. The van der Waals surface area contributed by atoms with Crippen molar-refractivity contribution in [2.75, 3.05) is 25.2 Å². The first-order valence-electron chi connectivity index (χ1n) is 10.8. The molecular weight excluding hydrogens is 424 g/mol. The Morgan fingerprint density at radius 3 is 2.21 bits per heavy atom. The molecule has 0 aliphatic carbocycles. The van der Waals surface area contributed by atoms with E-state index in [2.05, 4.69) is 0 Å². The van der Waals surface area contributed by atoms with Gasteiger partial charge in [-0.1, -0.05) is 12.1 Å². The van der Waals surface area contributed by atoms with E-state index in [0.29, 0.717) is 17.2 Å². The second-order valence-corrected chi connectivity index (χ2v) is 8.44. The maximum Gasteiger partial charge on any atom is 0.349 e. The van der Waals surface area contributed by atoms with Crippen LogP contribution in [0.2, 0.25) is 0 Å². The molecule has 1 aliphatic rings. The molecule has 0 saturated carbocycles. The average Bonchev–Trinajstić information content (AvgIpc) is 3.05. The number of amides is 3. The summed E-state index contributed by atoms with van der Waals surface area (Å²) in [6.07, 6.45) is 0. The highest BCUT2D eigenvalue weighted by molar-refractivity contribution is 6.12. The average molecular weight is 455 g/mol. The summed E-state index contributed by atoms with van der Waals surface area (Å²) in [4.78, 5) is 40.5. The molecule has 8 heteroatoms. The van der Waals surface area contributed by atoms with Crippen molar-refractivity contribution in [2.45, 2.75) is 46.8 Å². The van der Waals surface area contributed by atoms with E-state index in [0.717, 1.165) is 16.7 Å². The molecule has 0 atom stereocenters. The van der Waals surface area contributed by atoms with Gasteiger partial charge in [-0.05, 0) is 75.6 Å². The third kappa shape index (κ3) is 5.10. The molecule has 0 radical (unpaired) electrons. The summed E-state index contributed by atoms with van der Waals surface area (Å²) in [6, 6.07) is 10.3. The van der Waals surface area contributed by atoms with Crippen molar-refractivity contribution < 1.29 is 28.6 Å². The Labute approximate surface area is 194 Å². The topological polar surface area (TPSA) is 85.4 Å². The van der Waals surface area contributed by atoms with Crippen LogP contribution in [-0.2, 0) is 20.9 Å². The van der Waals surface area contributed by atoms with Crippen molar-refractivity contribution in [3.05, 3.63) is 53.1 Å². The molecule has 0 aromatic heterocycles. The molecule has 33 heavy (non-hydrogen) atoms. The fraction of sp³-hybridized carbons (Fsp3) is 0.400. The van der Waals surface area contributed by atoms with Crippen molar-refractivity contribution in [3.8, 4) is 11.5 Å². The van der Waals surface area contributed by atoms with Crippen molar-refractivity contribution >= 4 is 23.6 Å². The fourth-order valence-corrected chi connectivity index (χ4v) is 3.74. The van der Waals surface area contributed by atoms with Crippen LogP contribution < -0.4 is 14.4 Å². The largest absolute Gasteiger partial charge is 0.497 e. The minimum atomic E-state index is -1.15. The van der Waals surface area contributed by atoms with Gasteiger partial charge in [-0.15, -0.1) is 0 Å². The van der Waals surface area contributed by atoms with Crippen molar-refractivity contribution in [1.29, 1.82) is 0 Å². The zero-order chi connectivity index (χ0) is 24.3. The molecule has 1 heterocycles. The Morgan fingerprint density at radius 2 is 1.67 bits per heavy atom. The maximum atomic E-state index is 13.0. The number of aryl methyl sites for hydroxylation is 2. The Hall–Kier alpha value is -3.55. The normalized spacial score (nSPS) is 14.0. The van der Waals surface area contributed by atoms with E-state index in [1.807, 2.05) is 26.0 Å². The number of nitrogens with zero attached hydrogens (tertiary/aromatic N) is 2. The van der Waals surface area contributed by atoms with Crippen LogP contribution in [0.1, 0.15) is 37.5 Å². The van der Waals surface area contributed by atoms with E-state index in [1.54, 1.807) is 52.1 Å². The second kappa shape index (κ2) is 9.52. The number of esters is 1.